The number of benzene rings is 3. The molecule has 9 nitrogen and oxygen atoms in total. The van der Waals surface area contributed by atoms with Crippen molar-refractivity contribution in [3.05, 3.63) is 89.5 Å². The number of carbonyl (C=O) groups is 2. The van der Waals surface area contributed by atoms with Crippen molar-refractivity contribution >= 4 is 29.9 Å². The molecule has 0 aliphatic heterocycles. The van der Waals surface area contributed by atoms with Gasteiger partial charge in [0.1, 0.15) is 5.75 Å². The van der Waals surface area contributed by atoms with Crippen molar-refractivity contribution in [3.63, 3.8) is 0 Å². The number of nitrogens with zero attached hydrogens (tertiary/aromatic N) is 4. The van der Waals surface area contributed by atoms with E-state index in [4.69, 9.17) is 4.74 Å². The molecule has 0 unspecified atom stereocenters. The first-order valence-corrected chi connectivity index (χ1v) is 11.9. The van der Waals surface area contributed by atoms with Gasteiger partial charge in [0.15, 0.2) is 11.0 Å². The number of methoxy groups -OCH3 is 1. The fraction of sp³-hybridized carbons (Fsp3) is 0.115. The maximum atomic E-state index is 12.4. The number of hydrazone groups is 1. The smallest absolute Gasteiger partial charge is 0.336 e. The van der Waals surface area contributed by atoms with Crippen LogP contribution in [0, 0.1) is 6.92 Å². The van der Waals surface area contributed by atoms with Crippen LogP contribution >= 0.6 is 11.8 Å². The molecule has 0 saturated heterocycles. The second-order valence-electron chi connectivity index (χ2n) is 7.68. The maximum absolute atomic E-state index is 12.4. The van der Waals surface area contributed by atoms with E-state index >= 15 is 0 Å². The number of aromatic carboxylic acids is 1. The fourth-order valence-corrected chi connectivity index (χ4v) is 4.10. The van der Waals surface area contributed by atoms with Crippen LogP contribution in [0.5, 0.6) is 5.75 Å². The summed E-state index contributed by atoms with van der Waals surface area (Å²) < 4.78 is 7.15. The highest BCUT2D eigenvalue weighted by molar-refractivity contribution is 7.99. The number of carboxylic acid groups (broad SMARTS) is 1. The van der Waals surface area contributed by atoms with Crippen molar-refractivity contribution in [2.75, 3.05) is 12.9 Å². The number of hydrogen-bond donors (Lipinski definition) is 2. The van der Waals surface area contributed by atoms with E-state index in [0.717, 1.165) is 22.6 Å². The molecule has 1 heterocycles. The van der Waals surface area contributed by atoms with Gasteiger partial charge in [0.25, 0.3) is 5.91 Å². The first-order valence-electron chi connectivity index (χ1n) is 10.9. The summed E-state index contributed by atoms with van der Waals surface area (Å²) >= 11 is 1.21. The zero-order valence-corrected chi connectivity index (χ0v) is 20.4. The molecule has 0 spiro atoms. The van der Waals surface area contributed by atoms with E-state index in [9.17, 15) is 14.7 Å². The molecule has 0 saturated carbocycles. The molecule has 0 fully saturated rings. The van der Waals surface area contributed by atoms with Crippen LogP contribution in [0.3, 0.4) is 0 Å². The minimum atomic E-state index is -1.07. The number of rotatable bonds is 9. The zero-order valence-electron chi connectivity index (χ0n) is 19.6. The Kier molecular flexibility index (Phi) is 7.76. The van der Waals surface area contributed by atoms with Crippen LogP contribution in [0.15, 0.2) is 83.1 Å². The number of aryl methyl sites for hydroxylation is 1. The molecule has 0 aliphatic rings. The van der Waals surface area contributed by atoms with E-state index in [0.29, 0.717) is 16.5 Å². The molecule has 36 heavy (non-hydrogen) atoms. The molecule has 4 aromatic rings. The molecule has 1 amide bonds. The van der Waals surface area contributed by atoms with Crippen molar-refractivity contribution in [2.45, 2.75) is 12.1 Å². The number of aromatic nitrogens is 3. The number of ether oxygens (including phenoxy) is 1. The van der Waals surface area contributed by atoms with Crippen LogP contribution in [0.4, 0.5) is 0 Å². The SMILES string of the molecule is COc1ccc(-n2c(SCC(=O)N/N=C/c3ccccc3C(=O)O)nnc2-c2ccc(C)cc2)cc1. The van der Waals surface area contributed by atoms with E-state index in [1.165, 1.54) is 24.0 Å². The number of amides is 1. The molecule has 182 valence electrons. The molecule has 0 atom stereocenters. The monoisotopic (exact) mass is 501 g/mol. The molecule has 10 heteroatoms. The molecule has 2 N–H and O–H groups in total. The lowest BCUT2D eigenvalue weighted by Gasteiger charge is -2.11. The van der Waals surface area contributed by atoms with Gasteiger partial charge in [0.05, 0.1) is 24.6 Å². The summed E-state index contributed by atoms with van der Waals surface area (Å²) in [6.45, 7) is 2.01. The van der Waals surface area contributed by atoms with Crippen LogP contribution in [-0.2, 0) is 4.79 Å². The van der Waals surface area contributed by atoms with Gasteiger partial charge in [0.2, 0.25) is 0 Å². The van der Waals surface area contributed by atoms with Gasteiger partial charge in [0, 0.05) is 16.8 Å². The third kappa shape index (κ3) is 5.78. The molecule has 0 aliphatic carbocycles. The lowest BCUT2D eigenvalue weighted by Crippen LogP contribution is -2.20. The van der Waals surface area contributed by atoms with Crippen molar-refractivity contribution in [2.24, 2.45) is 5.10 Å². The third-order valence-electron chi connectivity index (χ3n) is 5.19. The molecule has 1 aromatic heterocycles. The second-order valence-corrected chi connectivity index (χ2v) is 8.62. The number of thioether (sulfide) groups is 1. The van der Waals surface area contributed by atoms with Gasteiger partial charge in [-0.1, -0.05) is 59.8 Å². The standard InChI is InChI=1S/C26H23N5O4S/c1-17-7-9-18(10-8-17)24-29-30-26(31(24)20-11-13-21(35-2)14-12-20)36-16-23(32)28-27-15-19-5-3-4-6-22(19)25(33)34/h3-15H,16H2,1-2H3,(H,28,32)(H,33,34)/b27-15+. The van der Waals surface area contributed by atoms with E-state index in [-0.39, 0.29) is 17.2 Å². The Bertz CT molecular complexity index is 1400. The molecular weight excluding hydrogens is 478 g/mol. The van der Waals surface area contributed by atoms with Crippen molar-refractivity contribution in [1.29, 1.82) is 0 Å². The number of hydrogen-bond acceptors (Lipinski definition) is 7. The third-order valence-corrected chi connectivity index (χ3v) is 6.12. The van der Waals surface area contributed by atoms with E-state index < -0.39 is 5.97 Å². The van der Waals surface area contributed by atoms with E-state index in [2.05, 4.69) is 20.7 Å². The largest absolute Gasteiger partial charge is 0.497 e. The van der Waals surface area contributed by atoms with Gasteiger partial charge in [-0.15, -0.1) is 10.2 Å². The summed E-state index contributed by atoms with van der Waals surface area (Å²) in [5.74, 6) is -0.0440. The lowest BCUT2D eigenvalue weighted by atomic mass is 10.1. The average molecular weight is 502 g/mol. The first kappa shape index (κ1) is 24.7. The quantitative estimate of drug-likeness (QED) is 0.200. The summed E-state index contributed by atoms with van der Waals surface area (Å²) in [5.41, 5.74) is 5.76. The summed E-state index contributed by atoms with van der Waals surface area (Å²) in [5, 5.41) is 22.4. The van der Waals surface area contributed by atoms with Gasteiger partial charge >= 0.3 is 5.97 Å². The number of nitrogens with one attached hydrogen (secondary N) is 1. The first-order chi connectivity index (χ1) is 17.5. The van der Waals surface area contributed by atoms with Crippen LogP contribution in [-0.4, -0.2) is 50.8 Å². The second kappa shape index (κ2) is 11.3. The zero-order chi connectivity index (χ0) is 25.5. The maximum Gasteiger partial charge on any atom is 0.336 e. The van der Waals surface area contributed by atoms with Crippen LogP contribution in [0.1, 0.15) is 21.5 Å². The van der Waals surface area contributed by atoms with Crippen LogP contribution in [0.2, 0.25) is 0 Å². The summed E-state index contributed by atoms with van der Waals surface area (Å²) in [7, 11) is 1.61. The Morgan fingerprint density at radius 2 is 1.78 bits per heavy atom. The van der Waals surface area contributed by atoms with E-state index in [1.807, 2.05) is 60.0 Å². The Morgan fingerprint density at radius 3 is 2.47 bits per heavy atom. The highest BCUT2D eigenvalue weighted by Gasteiger charge is 2.17. The number of carboxylic acids is 1. The van der Waals surface area contributed by atoms with Gasteiger partial charge in [-0.25, -0.2) is 10.2 Å². The van der Waals surface area contributed by atoms with Gasteiger partial charge in [-0.3, -0.25) is 9.36 Å². The minimum absolute atomic E-state index is 0.0279. The Balaban J connectivity index is 1.52. The summed E-state index contributed by atoms with van der Waals surface area (Å²) in [4.78, 5) is 23.7. The summed E-state index contributed by atoms with van der Waals surface area (Å²) in [6, 6.07) is 21.8. The van der Waals surface area contributed by atoms with Gasteiger partial charge in [-0.2, -0.15) is 5.10 Å². The van der Waals surface area contributed by atoms with Gasteiger partial charge in [-0.05, 0) is 37.3 Å². The Labute approximate surface area is 211 Å². The molecule has 4 rings (SSSR count). The predicted molar refractivity (Wildman–Crippen MR) is 138 cm³/mol. The van der Waals surface area contributed by atoms with Crippen molar-refractivity contribution in [1.82, 2.24) is 20.2 Å². The van der Waals surface area contributed by atoms with Crippen molar-refractivity contribution < 1.29 is 19.4 Å². The highest BCUT2D eigenvalue weighted by Crippen LogP contribution is 2.29. The fourth-order valence-electron chi connectivity index (χ4n) is 3.36. The van der Waals surface area contributed by atoms with Crippen LogP contribution < -0.4 is 10.2 Å². The average Bonchev–Trinajstić information content (AvgIpc) is 3.32. The number of carbonyl (C=O) groups excluding carboxylic acids is 1. The normalized spacial score (nSPS) is 10.9. The molecule has 0 bridgehead atoms. The lowest BCUT2D eigenvalue weighted by molar-refractivity contribution is -0.118. The molecular formula is C26H23N5O4S. The van der Waals surface area contributed by atoms with Gasteiger partial charge < -0.3 is 9.84 Å². The molecule has 3 aromatic carbocycles. The van der Waals surface area contributed by atoms with Crippen LogP contribution in [0.25, 0.3) is 17.1 Å². The summed E-state index contributed by atoms with van der Waals surface area (Å²) in [6.07, 6.45) is 1.31. The molecule has 0 radical (unpaired) electrons. The Morgan fingerprint density at radius 1 is 1.06 bits per heavy atom. The predicted octanol–water partition coefficient (Wildman–Crippen LogP) is 4.19. The Hall–Kier alpha value is -4.44. The van der Waals surface area contributed by atoms with E-state index in [1.54, 1.807) is 25.3 Å². The van der Waals surface area contributed by atoms with Crippen molar-refractivity contribution in [3.8, 4) is 22.8 Å². The highest BCUT2D eigenvalue weighted by atomic mass is 32.2. The topological polar surface area (TPSA) is 119 Å². The minimum Gasteiger partial charge on any atom is -0.497 e.